The molecule has 0 aromatic rings. The van der Waals surface area contributed by atoms with Gasteiger partial charge in [-0.15, -0.1) is 0 Å². The van der Waals surface area contributed by atoms with E-state index in [-0.39, 0.29) is 18.6 Å². The van der Waals surface area contributed by atoms with E-state index >= 15 is 0 Å². The van der Waals surface area contributed by atoms with Crippen molar-refractivity contribution in [1.29, 1.82) is 0 Å². The molecule has 2 rings (SSSR count). The Kier molecular flexibility index (Phi) is 5.82. The fraction of sp³-hybridized carbons (Fsp3) is 0.929. The Morgan fingerprint density at radius 1 is 1.37 bits per heavy atom. The number of hydrogen-bond acceptors (Lipinski definition) is 3. The Hall–Kier alpha value is -0.420. The zero-order valence-electron chi connectivity index (χ0n) is 11.8. The average Bonchev–Trinajstić information content (AvgIpc) is 2.90. The van der Waals surface area contributed by atoms with Gasteiger partial charge in [-0.1, -0.05) is 19.8 Å². The summed E-state index contributed by atoms with van der Waals surface area (Å²) in [4.78, 5) is 14.1. The van der Waals surface area contributed by atoms with Crippen molar-refractivity contribution in [3.05, 3.63) is 0 Å². The monoisotopic (exact) mass is 286 g/mol. The Bertz CT molecular complexity index is 299. The molecule has 1 heterocycles. The quantitative estimate of drug-likeness (QED) is 0.832. The second-order valence-corrected chi connectivity index (χ2v) is 7.13. The first-order chi connectivity index (χ1) is 9.24. The second-order valence-electron chi connectivity index (χ2n) is 5.62. The fourth-order valence-electron chi connectivity index (χ4n) is 3.09. The number of urea groups is 1. The van der Waals surface area contributed by atoms with E-state index in [9.17, 15) is 4.79 Å². The molecule has 3 atom stereocenters. The van der Waals surface area contributed by atoms with Gasteiger partial charge in [0.25, 0.3) is 0 Å². The molecule has 110 valence electrons. The molecule has 0 radical (unpaired) electrons. The van der Waals surface area contributed by atoms with Crippen molar-refractivity contribution >= 4 is 17.8 Å². The number of carbonyl (C=O) groups excluding carboxylic acids is 1. The first-order valence-electron chi connectivity index (χ1n) is 7.52. The number of rotatable bonds is 4. The number of carbonyl (C=O) groups is 1. The number of nitrogens with one attached hydrogen (secondary N) is 1. The van der Waals surface area contributed by atoms with Crippen molar-refractivity contribution in [2.24, 2.45) is 5.92 Å². The van der Waals surface area contributed by atoms with Gasteiger partial charge < -0.3 is 15.3 Å². The molecule has 19 heavy (non-hydrogen) atoms. The van der Waals surface area contributed by atoms with Gasteiger partial charge in [-0.2, -0.15) is 11.8 Å². The van der Waals surface area contributed by atoms with Crippen molar-refractivity contribution in [2.45, 2.75) is 50.3 Å². The third-order valence-electron chi connectivity index (χ3n) is 4.22. The topological polar surface area (TPSA) is 52.6 Å². The molecule has 2 aliphatic rings. The molecule has 1 aliphatic carbocycles. The van der Waals surface area contributed by atoms with Crippen LogP contribution in [-0.2, 0) is 0 Å². The Balaban J connectivity index is 1.83. The van der Waals surface area contributed by atoms with Crippen LogP contribution in [0.4, 0.5) is 4.79 Å². The molecule has 0 aromatic carbocycles. The lowest BCUT2D eigenvalue weighted by Crippen LogP contribution is -2.49. The number of likely N-dealkylation sites (tertiary alicyclic amines) is 1. The van der Waals surface area contributed by atoms with Gasteiger partial charge in [-0.3, -0.25) is 0 Å². The van der Waals surface area contributed by atoms with E-state index in [0.717, 1.165) is 25.1 Å². The van der Waals surface area contributed by atoms with Crippen molar-refractivity contribution < 1.29 is 9.90 Å². The second kappa shape index (κ2) is 7.39. The van der Waals surface area contributed by atoms with Crippen LogP contribution in [0.5, 0.6) is 0 Å². The molecule has 1 saturated carbocycles. The summed E-state index contributed by atoms with van der Waals surface area (Å²) in [5, 5.41) is 12.9. The third kappa shape index (κ3) is 4.02. The van der Waals surface area contributed by atoms with Crippen LogP contribution in [0, 0.1) is 5.92 Å². The first-order valence-corrected chi connectivity index (χ1v) is 8.57. The molecular formula is C14H26N2O2S. The van der Waals surface area contributed by atoms with Crippen LogP contribution in [-0.4, -0.2) is 52.8 Å². The zero-order chi connectivity index (χ0) is 13.7. The number of hydrogen-bond donors (Lipinski definition) is 2. The van der Waals surface area contributed by atoms with Crippen molar-refractivity contribution in [1.82, 2.24) is 10.2 Å². The number of thioether (sulfide) groups is 1. The van der Waals surface area contributed by atoms with Gasteiger partial charge in [-0.05, 0) is 25.0 Å². The van der Waals surface area contributed by atoms with Crippen LogP contribution in [0.2, 0.25) is 0 Å². The number of aliphatic hydroxyl groups excluding tert-OH is 1. The van der Waals surface area contributed by atoms with E-state index in [1.165, 1.54) is 19.3 Å². The predicted molar refractivity (Wildman–Crippen MR) is 79.5 cm³/mol. The Morgan fingerprint density at radius 3 is 2.84 bits per heavy atom. The highest BCUT2D eigenvalue weighted by Gasteiger charge is 2.30. The van der Waals surface area contributed by atoms with Crippen LogP contribution in [0.3, 0.4) is 0 Å². The van der Waals surface area contributed by atoms with E-state index < -0.39 is 0 Å². The van der Waals surface area contributed by atoms with Crippen molar-refractivity contribution in [2.75, 3.05) is 25.4 Å². The van der Waals surface area contributed by atoms with Crippen LogP contribution < -0.4 is 5.32 Å². The van der Waals surface area contributed by atoms with Gasteiger partial charge in [0.1, 0.15) is 0 Å². The fourth-order valence-corrected chi connectivity index (χ4v) is 4.29. The number of amides is 2. The van der Waals surface area contributed by atoms with Gasteiger partial charge in [0.2, 0.25) is 0 Å². The molecule has 2 N–H and O–H groups in total. The normalized spacial score (nSPS) is 31.5. The summed E-state index contributed by atoms with van der Waals surface area (Å²) in [5.41, 5.74) is 0. The van der Waals surface area contributed by atoms with E-state index in [4.69, 9.17) is 5.11 Å². The highest BCUT2D eigenvalue weighted by atomic mass is 32.2. The van der Waals surface area contributed by atoms with Crippen LogP contribution in [0.1, 0.15) is 39.0 Å². The largest absolute Gasteiger partial charge is 0.396 e. The third-order valence-corrected chi connectivity index (χ3v) is 5.55. The maximum absolute atomic E-state index is 12.2. The molecule has 0 bridgehead atoms. The van der Waals surface area contributed by atoms with E-state index in [1.54, 1.807) is 0 Å². The number of aliphatic hydroxyl groups is 1. The highest BCUT2D eigenvalue weighted by Crippen LogP contribution is 2.29. The smallest absolute Gasteiger partial charge is 0.317 e. The Morgan fingerprint density at radius 2 is 2.16 bits per heavy atom. The van der Waals surface area contributed by atoms with Gasteiger partial charge in [0.15, 0.2) is 0 Å². The van der Waals surface area contributed by atoms with E-state index in [1.807, 2.05) is 16.7 Å². The summed E-state index contributed by atoms with van der Waals surface area (Å²) in [6.07, 6.45) is 5.79. The van der Waals surface area contributed by atoms with Crippen LogP contribution in [0.25, 0.3) is 0 Å². The molecule has 3 unspecified atom stereocenters. The van der Waals surface area contributed by atoms with Gasteiger partial charge >= 0.3 is 6.03 Å². The molecule has 0 aromatic heterocycles. The zero-order valence-corrected chi connectivity index (χ0v) is 12.6. The minimum absolute atomic E-state index is 0.0737. The average molecular weight is 286 g/mol. The van der Waals surface area contributed by atoms with Gasteiger partial charge in [-0.25, -0.2) is 4.79 Å². The maximum atomic E-state index is 12.2. The summed E-state index contributed by atoms with van der Waals surface area (Å²) in [7, 11) is 0. The lowest BCUT2D eigenvalue weighted by atomic mass is 9.95. The van der Waals surface area contributed by atoms with E-state index in [2.05, 4.69) is 12.2 Å². The van der Waals surface area contributed by atoms with E-state index in [0.29, 0.717) is 17.8 Å². The van der Waals surface area contributed by atoms with Crippen LogP contribution >= 0.6 is 11.8 Å². The SMILES string of the molecule is CCSC1CCCCC1NC(=O)N1CCC(CO)C1. The molecule has 0 spiro atoms. The van der Waals surface area contributed by atoms with Crippen LogP contribution in [0.15, 0.2) is 0 Å². The summed E-state index contributed by atoms with van der Waals surface area (Å²) in [6.45, 7) is 3.88. The number of nitrogens with zero attached hydrogens (tertiary/aromatic N) is 1. The molecular weight excluding hydrogens is 260 g/mol. The standard InChI is InChI=1S/C14H26N2O2S/c1-2-19-13-6-4-3-5-12(13)15-14(18)16-8-7-11(9-16)10-17/h11-13,17H,2-10H2,1H3,(H,15,18). The molecule has 1 aliphatic heterocycles. The minimum Gasteiger partial charge on any atom is -0.396 e. The summed E-state index contributed by atoms with van der Waals surface area (Å²) in [6, 6.07) is 0.406. The minimum atomic E-state index is 0.0737. The van der Waals surface area contributed by atoms with Crippen molar-refractivity contribution in [3.8, 4) is 0 Å². The van der Waals surface area contributed by atoms with Gasteiger partial charge in [0, 0.05) is 36.9 Å². The summed E-state index contributed by atoms with van der Waals surface area (Å²) < 4.78 is 0. The summed E-state index contributed by atoms with van der Waals surface area (Å²) >= 11 is 1.98. The van der Waals surface area contributed by atoms with Gasteiger partial charge in [0.05, 0.1) is 0 Å². The molecule has 2 amide bonds. The predicted octanol–water partition coefficient (Wildman–Crippen LogP) is 2.07. The first kappa shape index (κ1) is 15.0. The van der Waals surface area contributed by atoms with Crippen molar-refractivity contribution in [3.63, 3.8) is 0 Å². The maximum Gasteiger partial charge on any atom is 0.317 e. The lowest BCUT2D eigenvalue weighted by molar-refractivity contribution is 0.192. The molecule has 4 nitrogen and oxygen atoms in total. The molecule has 5 heteroatoms. The molecule has 1 saturated heterocycles. The Labute approximate surface area is 120 Å². The highest BCUT2D eigenvalue weighted by molar-refractivity contribution is 7.99. The molecule has 2 fully saturated rings. The lowest BCUT2D eigenvalue weighted by Gasteiger charge is -2.33. The summed E-state index contributed by atoms with van der Waals surface area (Å²) in [5.74, 6) is 1.39.